The van der Waals surface area contributed by atoms with Crippen LogP contribution < -0.4 is 9.62 Å². The zero-order valence-corrected chi connectivity index (χ0v) is 18.8. The lowest BCUT2D eigenvalue weighted by Gasteiger charge is -2.28. The van der Waals surface area contributed by atoms with Crippen molar-refractivity contribution in [3.05, 3.63) is 65.2 Å². The predicted octanol–water partition coefficient (Wildman–Crippen LogP) is 3.06. The molecule has 6 nitrogen and oxygen atoms in total. The van der Waals surface area contributed by atoms with Gasteiger partial charge in [-0.3, -0.25) is 14.0 Å². The highest BCUT2D eigenvalue weighted by Crippen LogP contribution is 2.21. The zero-order valence-electron chi connectivity index (χ0n) is 18.0. The van der Waals surface area contributed by atoms with Crippen LogP contribution in [-0.4, -0.2) is 44.6 Å². The summed E-state index contributed by atoms with van der Waals surface area (Å²) >= 11 is 0. The molecule has 2 aromatic carbocycles. The number of aryl methyl sites for hydroxylation is 1. The number of benzene rings is 2. The van der Waals surface area contributed by atoms with Crippen LogP contribution >= 0.6 is 0 Å². The highest BCUT2D eigenvalue weighted by molar-refractivity contribution is 7.92. The van der Waals surface area contributed by atoms with Crippen LogP contribution in [0.3, 0.4) is 0 Å². The average Bonchev–Trinajstić information content (AvgIpc) is 3.21. The second-order valence-corrected chi connectivity index (χ2v) is 9.95. The summed E-state index contributed by atoms with van der Waals surface area (Å²) in [5.74, 6) is -0.331. The molecule has 1 aliphatic heterocycles. The lowest BCUT2D eigenvalue weighted by atomic mass is 10.1. The molecule has 0 unspecified atom stereocenters. The van der Waals surface area contributed by atoms with E-state index in [0.29, 0.717) is 12.2 Å². The predicted molar refractivity (Wildman–Crippen MR) is 121 cm³/mol. The van der Waals surface area contributed by atoms with E-state index in [0.717, 1.165) is 37.0 Å². The van der Waals surface area contributed by atoms with Crippen LogP contribution in [0.2, 0.25) is 0 Å². The van der Waals surface area contributed by atoms with E-state index in [1.165, 1.54) is 22.7 Å². The number of hydrogen-bond donors (Lipinski definition) is 1. The molecule has 0 saturated carbocycles. The third kappa shape index (κ3) is 5.83. The van der Waals surface area contributed by atoms with Gasteiger partial charge in [0.05, 0.1) is 11.9 Å². The van der Waals surface area contributed by atoms with Crippen molar-refractivity contribution < 1.29 is 13.2 Å². The van der Waals surface area contributed by atoms with Crippen molar-refractivity contribution in [3.63, 3.8) is 0 Å². The Labute approximate surface area is 179 Å². The highest BCUT2D eigenvalue weighted by Gasteiger charge is 2.28. The van der Waals surface area contributed by atoms with Crippen molar-refractivity contribution in [1.29, 1.82) is 0 Å². The van der Waals surface area contributed by atoms with E-state index in [2.05, 4.69) is 22.3 Å². The summed E-state index contributed by atoms with van der Waals surface area (Å²) in [4.78, 5) is 15.2. The van der Waals surface area contributed by atoms with Gasteiger partial charge in [0.15, 0.2) is 0 Å². The minimum absolute atomic E-state index is 0.331. The molecule has 1 saturated heterocycles. The van der Waals surface area contributed by atoms with Gasteiger partial charge in [0.1, 0.15) is 6.04 Å². The number of carbonyl (C=O) groups is 1. The molecule has 3 rings (SSSR count). The van der Waals surface area contributed by atoms with E-state index in [4.69, 9.17) is 0 Å². The molecule has 0 spiro atoms. The molecule has 0 aliphatic carbocycles. The lowest BCUT2D eigenvalue weighted by molar-refractivity contribution is -0.122. The largest absolute Gasteiger partial charge is 0.350 e. The van der Waals surface area contributed by atoms with Crippen molar-refractivity contribution in [3.8, 4) is 0 Å². The van der Waals surface area contributed by atoms with E-state index in [-0.39, 0.29) is 5.91 Å². The van der Waals surface area contributed by atoms with Gasteiger partial charge in [-0.15, -0.1) is 0 Å². The number of likely N-dealkylation sites (tertiary alicyclic amines) is 1. The molecule has 1 atom stereocenters. The van der Waals surface area contributed by atoms with Gasteiger partial charge in [-0.05, 0) is 63.0 Å². The molecule has 1 N–H and O–H groups in total. The molecule has 1 amide bonds. The van der Waals surface area contributed by atoms with E-state index < -0.39 is 16.1 Å². The first kappa shape index (κ1) is 22.3. The Kier molecular flexibility index (Phi) is 7.15. The summed E-state index contributed by atoms with van der Waals surface area (Å²) in [6.07, 6.45) is 3.67. The fourth-order valence-electron chi connectivity index (χ4n) is 3.80. The minimum atomic E-state index is -3.61. The summed E-state index contributed by atoms with van der Waals surface area (Å²) in [7, 11) is -3.61. The Hall–Kier alpha value is -2.38. The number of anilines is 1. The molecule has 0 radical (unpaired) electrons. The van der Waals surface area contributed by atoms with Crippen molar-refractivity contribution in [2.24, 2.45) is 0 Å². The van der Waals surface area contributed by atoms with E-state index >= 15 is 0 Å². The standard InChI is InChI=1S/C23H31N3O3S/c1-18-6-12-22(13-7-18)26(30(3,28)29)19(2)23(27)24-16-20-8-10-21(11-9-20)17-25-14-4-5-15-25/h6-13,19H,4-5,14-17H2,1-3H3,(H,24,27)/t19-/m1/s1. The molecule has 0 aromatic heterocycles. The number of rotatable bonds is 8. The fourth-order valence-corrected chi connectivity index (χ4v) is 4.97. The molecule has 0 bridgehead atoms. The molecule has 30 heavy (non-hydrogen) atoms. The quantitative estimate of drug-likeness (QED) is 0.700. The van der Waals surface area contributed by atoms with Gasteiger partial charge in [0, 0.05) is 13.1 Å². The number of carbonyl (C=O) groups excluding carboxylic acids is 1. The van der Waals surface area contributed by atoms with Crippen LogP contribution in [0.1, 0.15) is 36.5 Å². The first-order valence-corrected chi connectivity index (χ1v) is 12.2. The van der Waals surface area contributed by atoms with Crippen LogP contribution in [0.15, 0.2) is 48.5 Å². The van der Waals surface area contributed by atoms with Crippen LogP contribution in [0.25, 0.3) is 0 Å². The van der Waals surface area contributed by atoms with Crippen molar-refractivity contribution in [1.82, 2.24) is 10.2 Å². The summed E-state index contributed by atoms with van der Waals surface area (Å²) in [5.41, 5.74) is 3.76. The molecule has 1 aliphatic rings. The Morgan fingerprint density at radius 1 is 1.03 bits per heavy atom. The van der Waals surface area contributed by atoms with E-state index in [1.807, 2.05) is 31.2 Å². The first-order chi connectivity index (χ1) is 14.2. The highest BCUT2D eigenvalue weighted by atomic mass is 32.2. The molecule has 162 valence electrons. The molecule has 7 heteroatoms. The molecule has 1 fully saturated rings. The third-order valence-corrected chi connectivity index (χ3v) is 6.71. The Bertz CT molecular complexity index is 950. The van der Waals surface area contributed by atoms with Gasteiger partial charge < -0.3 is 5.32 Å². The Morgan fingerprint density at radius 2 is 1.60 bits per heavy atom. The van der Waals surface area contributed by atoms with Gasteiger partial charge >= 0.3 is 0 Å². The van der Waals surface area contributed by atoms with Crippen LogP contribution in [0, 0.1) is 6.92 Å². The smallest absolute Gasteiger partial charge is 0.243 e. The number of sulfonamides is 1. The van der Waals surface area contributed by atoms with Crippen molar-refractivity contribution in [2.75, 3.05) is 23.7 Å². The molecule has 2 aromatic rings. The number of nitrogens with one attached hydrogen (secondary N) is 1. The maximum atomic E-state index is 12.7. The Balaban J connectivity index is 1.61. The van der Waals surface area contributed by atoms with Crippen LogP contribution in [0.4, 0.5) is 5.69 Å². The summed E-state index contributed by atoms with van der Waals surface area (Å²) < 4.78 is 25.9. The summed E-state index contributed by atoms with van der Waals surface area (Å²) in [5, 5.41) is 2.87. The summed E-state index contributed by atoms with van der Waals surface area (Å²) in [6.45, 7) is 7.18. The molecule has 1 heterocycles. The number of amides is 1. The topological polar surface area (TPSA) is 69.7 Å². The fraction of sp³-hybridized carbons (Fsp3) is 0.435. The normalized spacial score (nSPS) is 15.7. The maximum Gasteiger partial charge on any atom is 0.243 e. The van der Waals surface area contributed by atoms with Crippen molar-refractivity contribution in [2.45, 2.75) is 45.8 Å². The second kappa shape index (κ2) is 9.62. The van der Waals surface area contributed by atoms with Crippen molar-refractivity contribution >= 4 is 21.6 Å². The second-order valence-electron chi connectivity index (χ2n) is 8.09. The van der Waals surface area contributed by atoms with Gasteiger partial charge in [-0.25, -0.2) is 8.42 Å². The summed E-state index contributed by atoms with van der Waals surface area (Å²) in [6, 6.07) is 14.5. The SMILES string of the molecule is Cc1ccc(N([C@H](C)C(=O)NCc2ccc(CN3CCCC3)cc2)S(C)(=O)=O)cc1. The van der Waals surface area contributed by atoms with Crippen LogP contribution in [-0.2, 0) is 27.9 Å². The molecular formula is C23H31N3O3S. The van der Waals surface area contributed by atoms with E-state index in [1.54, 1.807) is 19.1 Å². The van der Waals surface area contributed by atoms with Crippen LogP contribution in [0.5, 0.6) is 0 Å². The van der Waals surface area contributed by atoms with Gasteiger partial charge in [-0.2, -0.15) is 0 Å². The number of nitrogens with zero attached hydrogens (tertiary/aromatic N) is 2. The van der Waals surface area contributed by atoms with Gasteiger partial charge in [0.2, 0.25) is 15.9 Å². The third-order valence-electron chi connectivity index (χ3n) is 5.47. The maximum absolute atomic E-state index is 12.7. The zero-order chi connectivity index (χ0) is 21.7. The minimum Gasteiger partial charge on any atom is -0.350 e. The molecular weight excluding hydrogens is 398 g/mol. The number of hydrogen-bond acceptors (Lipinski definition) is 4. The average molecular weight is 430 g/mol. The monoisotopic (exact) mass is 429 g/mol. The lowest BCUT2D eigenvalue weighted by Crippen LogP contribution is -2.47. The van der Waals surface area contributed by atoms with E-state index in [9.17, 15) is 13.2 Å². The van der Waals surface area contributed by atoms with Gasteiger partial charge in [0.25, 0.3) is 0 Å². The Morgan fingerprint density at radius 3 is 2.17 bits per heavy atom. The van der Waals surface area contributed by atoms with Gasteiger partial charge in [-0.1, -0.05) is 42.0 Å². The first-order valence-electron chi connectivity index (χ1n) is 10.4.